The number of hydrogen-bond donors (Lipinski definition) is 1. The van der Waals surface area contributed by atoms with Crippen LogP contribution in [0.25, 0.3) is 0 Å². The highest BCUT2D eigenvalue weighted by Crippen LogP contribution is 2.30. The van der Waals surface area contributed by atoms with Crippen molar-refractivity contribution in [1.29, 1.82) is 5.26 Å². The maximum atomic E-state index is 11.2. The van der Waals surface area contributed by atoms with E-state index in [9.17, 15) is 4.79 Å². The molecule has 2 N–H and O–H groups in total. The van der Waals surface area contributed by atoms with Gasteiger partial charge in [-0.25, -0.2) is 0 Å². The van der Waals surface area contributed by atoms with Crippen molar-refractivity contribution in [1.82, 2.24) is 4.90 Å². The second kappa shape index (κ2) is 3.11. The van der Waals surface area contributed by atoms with Gasteiger partial charge in [0, 0.05) is 0 Å². The third kappa shape index (κ3) is 1.16. The molecule has 0 aromatic carbocycles. The summed E-state index contributed by atoms with van der Waals surface area (Å²) in [4.78, 5) is 13.0. The minimum atomic E-state index is -0.686. The van der Waals surface area contributed by atoms with Gasteiger partial charge in [0.15, 0.2) is 0 Å². The maximum absolute atomic E-state index is 11.2. The summed E-state index contributed by atoms with van der Waals surface area (Å²) in [5.41, 5.74) is 4.59. The fraction of sp³-hybridized carbons (Fsp3) is 0.750. The van der Waals surface area contributed by atoms with Crippen LogP contribution in [0.3, 0.4) is 0 Å². The highest BCUT2D eigenvalue weighted by atomic mass is 16.1. The predicted molar refractivity (Wildman–Crippen MR) is 44.0 cm³/mol. The number of hydrogen-bond acceptors (Lipinski definition) is 3. The van der Waals surface area contributed by atoms with Gasteiger partial charge in [0.2, 0.25) is 5.91 Å². The Morgan fingerprint density at radius 1 is 1.83 bits per heavy atom. The number of rotatable bonds is 2. The van der Waals surface area contributed by atoms with Crippen LogP contribution in [0.4, 0.5) is 0 Å². The molecule has 4 heteroatoms. The zero-order valence-electron chi connectivity index (χ0n) is 7.21. The van der Waals surface area contributed by atoms with Gasteiger partial charge in [-0.15, -0.1) is 0 Å². The zero-order chi connectivity index (χ0) is 9.19. The fourth-order valence-corrected chi connectivity index (χ4v) is 1.77. The first kappa shape index (κ1) is 9.01. The molecule has 1 rings (SSSR count). The number of amides is 1. The summed E-state index contributed by atoms with van der Waals surface area (Å²) >= 11 is 0. The molecule has 4 nitrogen and oxygen atoms in total. The summed E-state index contributed by atoms with van der Waals surface area (Å²) in [6, 6.07) is 2.02. The molecule has 0 radical (unpaired) electrons. The van der Waals surface area contributed by atoms with Gasteiger partial charge < -0.3 is 5.73 Å². The average molecular weight is 167 g/mol. The predicted octanol–water partition coefficient (Wildman–Crippen LogP) is -0.150. The van der Waals surface area contributed by atoms with Crippen LogP contribution in [0.2, 0.25) is 0 Å². The van der Waals surface area contributed by atoms with Gasteiger partial charge in [0.25, 0.3) is 0 Å². The third-order valence-electron chi connectivity index (χ3n) is 2.64. The van der Waals surface area contributed by atoms with Gasteiger partial charge in [0.1, 0.15) is 5.54 Å². The van der Waals surface area contributed by atoms with Crippen molar-refractivity contribution >= 4 is 5.91 Å². The van der Waals surface area contributed by atoms with E-state index >= 15 is 0 Å². The summed E-state index contributed by atoms with van der Waals surface area (Å²) < 4.78 is 0. The van der Waals surface area contributed by atoms with Crippen molar-refractivity contribution < 1.29 is 4.79 Å². The molecule has 12 heavy (non-hydrogen) atoms. The molecule has 1 fully saturated rings. The highest BCUT2D eigenvalue weighted by Gasteiger charge is 2.43. The summed E-state index contributed by atoms with van der Waals surface area (Å²) in [5, 5.41) is 8.57. The Labute approximate surface area is 71.9 Å². The molecule has 1 aliphatic heterocycles. The minimum absolute atomic E-state index is 0.207. The van der Waals surface area contributed by atoms with Gasteiger partial charge in [-0.1, -0.05) is 0 Å². The number of primary amides is 1. The number of likely N-dealkylation sites (tertiary alicyclic amines) is 1. The number of nitriles is 1. The maximum Gasteiger partial charge on any atom is 0.239 e. The molecule has 1 heterocycles. The third-order valence-corrected chi connectivity index (χ3v) is 2.64. The number of carbonyl (C=O) groups is 1. The monoisotopic (exact) mass is 167 g/mol. The van der Waals surface area contributed by atoms with Crippen LogP contribution in [0.5, 0.6) is 0 Å². The lowest BCUT2D eigenvalue weighted by Gasteiger charge is -2.30. The van der Waals surface area contributed by atoms with E-state index < -0.39 is 5.54 Å². The smallest absolute Gasteiger partial charge is 0.239 e. The van der Waals surface area contributed by atoms with Crippen LogP contribution in [-0.4, -0.2) is 29.9 Å². The number of likely N-dealkylation sites (N-methyl/N-ethyl adjacent to an activating group) is 1. The lowest BCUT2D eigenvalue weighted by molar-refractivity contribution is -0.127. The van der Waals surface area contributed by atoms with Crippen molar-refractivity contribution in [2.75, 3.05) is 13.6 Å². The molecule has 0 aromatic rings. The Balaban J connectivity index is 2.87. The molecular weight excluding hydrogens is 154 g/mol. The van der Waals surface area contributed by atoms with E-state index in [2.05, 4.69) is 0 Å². The van der Waals surface area contributed by atoms with Crippen LogP contribution in [0, 0.1) is 11.3 Å². The van der Waals surface area contributed by atoms with Gasteiger partial charge in [-0.05, 0) is 26.4 Å². The fourth-order valence-electron chi connectivity index (χ4n) is 1.77. The van der Waals surface area contributed by atoms with Crippen LogP contribution in [-0.2, 0) is 4.79 Å². The summed E-state index contributed by atoms with van der Waals surface area (Å²) in [7, 11) is 1.84. The molecule has 0 unspecified atom stereocenters. The Kier molecular flexibility index (Phi) is 2.34. The number of nitrogens with zero attached hydrogens (tertiary/aromatic N) is 2. The number of nitrogens with two attached hydrogens (primary N) is 1. The molecule has 0 aromatic heterocycles. The topological polar surface area (TPSA) is 70.1 Å². The Morgan fingerprint density at radius 2 is 2.50 bits per heavy atom. The van der Waals surface area contributed by atoms with Gasteiger partial charge in [0.05, 0.1) is 12.5 Å². The molecule has 1 aliphatic rings. The lowest BCUT2D eigenvalue weighted by Crippen LogP contribution is -2.51. The SMILES string of the molecule is CN1CCC[C@]1(CC#N)C(N)=O. The van der Waals surface area contributed by atoms with Gasteiger partial charge in [-0.2, -0.15) is 5.26 Å². The highest BCUT2D eigenvalue weighted by molar-refractivity contribution is 5.85. The first-order valence-corrected chi connectivity index (χ1v) is 4.01. The van der Waals surface area contributed by atoms with Crippen molar-refractivity contribution in [3.05, 3.63) is 0 Å². The first-order chi connectivity index (χ1) is 5.63. The van der Waals surface area contributed by atoms with Crippen molar-refractivity contribution in [3.63, 3.8) is 0 Å². The molecule has 0 bridgehead atoms. The van der Waals surface area contributed by atoms with Gasteiger partial charge in [-0.3, -0.25) is 9.69 Å². The summed E-state index contributed by atoms with van der Waals surface area (Å²) in [5.74, 6) is -0.371. The second-order valence-electron chi connectivity index (χ2n) is 3.26. The van der Waals surface area contributed by atoms with Crippen LogP contribution >= 0.6 is 0 Å². The van der Waals surface area contributed by atoms with Crippen molar-refractivity contribution in [2.45, 2.75) is 24.8 Å². The molecule has 0 saturated carbocycles. The Hall–Kier alpha value is -1.08. The molecule has 0 aliphatic carbocycles. The standard InChI is InChI=1S/C8H13N3O/c1-11-6-2-3-8(11,4-5-9)7(10)12/h2-4,6H2,1H3,(H2,10,12)/t8-/m0/s1. The number of carbonyl (C=O) groups excluding carboxylic acids is 1. The molecule has 1 atom stereocenters. The van der Waals surface area contributed by atoms with Gasteiger partial charge >= 0.3 is 0 Å². The zero-order valence-corrected chi connectivity index (χ0v) is 7.21. The minimum Gasteiger partial charge on any atom is -0.368 e. The molecule has 0 spiro atoms. The van der Waals surface area contributed by atoms with Crippen LogP contribution in [0.1, 0.15) is 19.3 Å². The van der Waals surface area contributed by atoms with Crippen LogP contribution in [0.15, 0.2) is 0 Å². The van der Waals surface area contributed by atoms with Crippen LogP contribution < -0.4 is 5.73 Å². The van der Waals surface area contributed by atoms with E-state index in [0.29, 0.717) is 6.42 Å². The molecular formula is C8H13N3O. The molecule has 1 saturated heterocycles. The molecule has 66 valence electrons. The van der Waals surface area contributed by atoms with E-state index in [1.54, 1.807) is 0 Å². The summed E-state index contributed by atoms with van der Waals surface area (Å²) in [6.45, 7) is 0.852. The van der Waals surface area contributed by atoms with E-state index in [1.807, 2.05) is 18.0 Å². The quantitative estimate of drug-likeness (QED) is 0.621. The normalized spacial score (nSPS) is 30.0. The summed E-state index contributed by atoms with van der Waals surface area (Å²) in [6.07, 6.45) is 1.87. The largest absolute Gasteiger partial charge is 0.368 e. The Bertz CT molecular complexity index is 233. The molecule has 1 amide bonds. The second-order valence-corrected chi connectivity index (χ2v) is 3.26. The van der Waals surface area contributed by atoms with E-state index in [1.165, 1.54) is 0 Å². The van der Waals surface area contributed by atoms with Crippen molar-refractivity contribution in [3.8, 4) is 6.07 Å². The van der Waals surface area contributed by atoms with Crippen molar-refractivity contribution in [2.24, 2.45) is 5.73 Å². The van der Waals surface area contributed by atoms with E-state index in [0.717, 1.165) is 13.0 Å². The average Bonchev–Trinajstić information content (AvgIpc) is 2.34. The Morgan fingerprint density at radius 3 is 2.83 bits per heavy atom. The van der Waals surface area contributed by atoms with E-state index in [4.69, 9.17) is 11.0 Å². The lowest BCUT2D eigenvalue weighted by atomic mass is 9.92. The first-order valence-electron chi connectivity index (χ1n) is 4.01. The van der Waals surface area contributed by atoms with E-state index in [-0.39, 0.29) is 12.3 Å².